The quantitative estimate of drug-likeness (QED) is 0.304. The third-order valence-corrected chi connectivity index (χ3v) is 6.22. The number of nitrogens with zero attached hydrogens (tertiary/aromatic N) is 1. The Hall–Kier alpha value is -4.91. The first kappa shape index (κ1) is 27.1. The molecular formula is C32H29NO6. The minimum Gasteiger partial charge on any atom is -0.493 e. The third kappa shape index (κ3) is 6.51. The van der Waals surface area contributed by atoms with E-state index >= 15 is 0 Å². The summed E-state index contributed by atoms with van der Waals surface area (Å²) in [5.41, 5.74) is 2.99. The summed E-state index contributed by atoms with van der Waals surface area (Å²) in [6.07, 6.45) is 6.03. The zero-order valence-electron chi connectivity index (χ0n) is 22.0. The van der Waals surface area contributed by atoms with Crippen LogP contribution in [0, 0.1) is 0 Å². The van der Waals surface area contributed by atoms with Gasteiger partial charge >= 0.3 is 0 Å². The molecule has 4 rings (SSSR count). The number of amides is 1. The molecular weight excluding hydrogens is 494 g/mol. The van der Waals surface area contributed by atoms with Crippen LogP contribution in [-0.2, 0) is 9.59 Å². The number of hydrogen-bond acceptors (Lipinski definition) is 6. The fraction of sp³-hybridized carbons (Fsp3) is 0.156. The number of piperidine rings is 1. The van der Waals surface area contributed by atoms with Gasteiger partial charge in [0.2, 0.25) is 11.7 Å². The van der Waals surface area contributed by atoms with E-state index in [2.05, 4.69) is 0 Å². The predicted octanol–water partition coefficient (Wildman–Crippen LogP) is 5.03. The van der Waals surface area contributed by atoms with Crippen molar-refractivity contribution in [2.45, 2.75) is 0 Å². The van der Waals surface area contributed by atoms with E-state index in [0.29, 0.717) is 28.4 Å². The molecule has 7 nitrogen and oxygen atoms in total. The number of rotatable bonds is 8. The summed E-state index contributed by atoms with van der Waals surface area (Å²) < 4.78 is 15.9. The van der Waals surface area contributed by atoms with Gasteiger partial charge in [-0.1, -0.05) is 60.7 Å². The molecule has 0 spiro atoms. The van der Waals surface area contributed by atoms with Gasteiger partial charge in [-0.25, -0.2) is 0 Å². The molecule has 0 aliphatic carbocycles. The molecule has 1 aliphatic heterocycles. The molecule has 3 aromatic carbocycles. The maximum Gasteiger partial charge on any atom is 0.247 e. The van der Waals surface area contributed by atoms with E-state index in [-0.39, 0.29) is 30.3 Å². The van der Waals surface area contributed by atoms with Crippen LogP contribution in [0.2, 0.25) is 0 Å². The summed E-state index contributed by atoms with van der Waals surface area (Å²) in [5, 5.41) is 0. The van der Waals surface area contributed by atoms with Crippen molar-refractivity contribution in [3.8, 4) is 17.2 Å². The number of Topliss-reactive ketones (excluding diaryl/α,β-unsaturated/α-hetero) is 1. The van der Waals surface area contributed by atoms with Gasteiger partial charge in [-0.3, -0.25) is 14.4 Å². The van der Waals surface area contributed by atoms with E-state index in [1.807, 2.05) is 60.7 Å². The Morgan fingerprint density at radius 2 is 1.21 bits per heavy atom. The number of benzene rings is 3. The number of methoxy groups -OCH3 is 3. The largest absolute Gasteiger partial charge is 0.493 e. The summed E-state index contributed by atoms with van der Waals surface area (Å²) in [7, 11) is 4.40. The summed E-state index contributed by atoms with van der Waals surface area (Å²) in [4.78, 5) is 41.1. The highest BCUT2D eigenvalue weighted by Crippen LogP contribution is 2.38. The monoisotopic (exact) mass is 523 g/mol. The van der Waals surface area contributed by atoms with Gasteiger partial charge in [0.25, 0.3) is 0 Å². The molecule has 0 saturated carbocycles. The van der Waals surface area contributed by atoms with Crippen LogP contribution < -0.4 is 14.2 Å². The van der Waals surface area contributed by atoms with Crippen LogP contribution in [0.5, 0.6) is 17.2 Å². The van der Waals surface area contributed by atoms with Crippen LogP contribution in [0.25, 0.3) is 12.2 Å². The number of ether oxygens (including phenoxy) is 3. The number of carbonyl (C=O) groups is 3. The normalized spacial score (nSPS) is 15.6. The van der Waals surface area contributed by atoms with Crippen LogP contribution in [0.15, 0.2) is 96.1 Å². The lowest BCUT2D eigenvalue weighted by molar-refractivity contribution is -0.126. The topological polar surface area (TPSA) is 82.1 Å². The van der Waals surface area contributed by atoms with Crippen LogP contribution in [-0.4, -0.2) is 56.8 Å². The minimum atomic E-state index is -0.407. The van der Waals surface area contributed by atoms with E-state index < -0.39 is 5.78 Å². The molecule has 0 unspecified atom stereocenters. The molecule has 0 radical (unpaired) electrons. The van der Waals surface area contributed by atoms with Gasteiger partial charge in [-0.05, 0) is 41.5 Å². The van der Waals surface area contributed by atoms with E-state index in [4.69, 9.17) is 14.2 Å². The van der Waals surface area contributed by atoms with Crippen molar-refractivity contribution in [1.29, 1.82) is 0 Å². The lowest BCUT2D eigenvalue weighted by Crippen LogP contribution is -2.40. The first-order valence-corrected chi connectivity index (χ1v) is 12.3. The average Bonchev–Trinajstić information content (AvgIpc) is 2.97. The van der Waals surface area contributed by atoms with Gasteiger partial charge in [-0.15, -0.1) is 0 Å². The van der Waals surface area contributed by atoms with Crippen molar-refractivity contribution in [2.75, 3.05) is 34.4 Å². The molecule has 0 atom stereocenters. The van der Waals surface area contributed by atoms with E-state index in [9.17, 15) is 14.4 Å². The Morgan fingerprint density at radius 1 is 0.718 bits per heavy atom. The Kier molecular flexibility index (Phi) is 8.74. The second-order valence-electron chi connectivity index (χ2n) is 8.80. The third-order valence-electron chi connectivity index (χ3n) is 6.22. The molecule has 198 valence electrons. The van der Waals surface area contributed by atoms with E-state index in [1.165, 1.54) is 45.6 Å². The van der Waals surface area contributed by atoms with E-state index in [0.717, 1.165) is 11.1 Å². The maximum atomic E-state index is 13.3. The average molecular weight is 524 g/mol. The molecule has 1 heterocycles. The number of likely N-dealkylation sites (tertiary alicyclic amines) is 1. The van der Waals surface area contributed by atoms with Crippen molar-refractivity contribution >= 4 is 29.6 Å². The molecule has 39 heavy (non-hydrogen) atoms. The molecule has 1 fully saturated rings. The molecule has 0 aromatic heterocycles. The van der Waals surface area contributed by atoms with Gasteiger partial charge < -0.3 is 19.1 Å². The Morgan fingerprint density at radius 3 is 1.64 bits per heavy atom. The van der Waals surface area contributed by atoms with Crippen molar-refractivity contribution in [3.63, 3.8) is 0 Å². The van der Waals surface area contributed by atoms with Crippen molar-refractivity contribution in [2.24, 2.45) is 0 Å². The van der Waals surface area contributed by atoms with Crippen LogP contribution in [0.1, 0.15) is 21.5 Å². The standard InChI is InChI=1S/C32H29NO6/c1-37-28-18-24(19-29(38-2)32(28)39-3)27(34)14-15-30(35)33-20-25(16-22-10-6-4-7-11-22)31(36)26(21-33)17-23-12-8-5-9-13-23/h4-19H,20-21H2,1-3H3/b15-14+,25-16+,26-17+. The molecule has 3 aromatic rings. The molecule has 0 N–H and O–H groups in total. The predicted molar refractivity (Wildman–Crippen MR) is 150 cm³/mol. The lowest BCUT2D eigenvalue weighted by Gasteiger charge is -2.29. The molecule has 1 saturated heterocycles. The number of hydrogen-bond donors (Lipinski definition) is 0. The van der Waals surface area contributed by atoms with Gasteiger partial charge in [0.1, 0.15) is 0 Å². The van der Waals surface area contributed by atoms with Gasteiger partial charge in [-0.2, -0.15) is 0 Å². The summed E-state index contributed by atoms with van der Waals surface area (Å²) >= 11 is 0. The van der Waals surface area contributed by atoms with Gasteiger partial charge in [0, 0.05) is 22.8 Å². The maximum absolute atomic E-state index is 13.3. The highest BCUT2D eigenvalue weighted by Gasteiger charge is 2.28. The SMILES string of the molecule is COc1cc(C(=O)/C=C/C(=O)N2C/C(=C\c3ccccc3)C(=O)/C(=C/c3ccccc3)C2)cc(OC)c1OC. The summed E-state index contributed by atoms with van der Waals surface area (Å²) in [6.45, 7) is 0.253. The second-order valence-corrected chi connectivity index (χ2v) is 8.80. The first-order chi connectivity index (χ1) is 18.9. The molecule has 7 heteroatoms. The fourth-order valence-electron chi connectivity index (χ4n) is 4.27. The zero-order valence-corrected chi connectivity index (χ0v) is 22.0. The second kappa shape index (κ2) is 12.6. The van der Waals surface area contributed by atoms with Crippen LogP contribution in [0.4, 0.5) is 0 Å². The van der Waals surface area contributed by atoms with Crippen molar-refractivity contribution in [3.05, 3.63) is 113 Å². The van der Waals surface area contributed by atoms with Gasteiger partial charge in [0.05, 0.1) is 34.4 Å². The Bertz CT molecular complexity index is 1370. The first-order valence-electron chi connectivity index (χ1n) is 12.3. The zero-order chi connectivity index (χ0) is 27.8. The Labute approximate surface area is 227 Å². The Balaban J connectivity index is 1.61. The lowest BCUT2D eigenvalue weighted by atomic mass is 9.94. The van der Waals surface area contributed by atoms with E-state index in [1.54, 1.807) is 17.1 Å². The fourth-order valence-corrected chi connectivity index (χ4v) is 4.27. The summed E-state index contributed by atoms with van der Waals surface area (Å²) in [6, 6.07) is 22.0. The van der Waals surface area contributed by atoms with Gasteiger partial charge in [0.15, 0.2) is 23.1 Å². The van der Waals surface area contributed by atoms with Crippen molar-refractivity contribution < 1.29 is 28.6 Å². The minimum absolute atomic E-state index is 0.107. The molecule has 1 aliphatic rings. The van der Waals surface area contributed by atoms with Crippen molar-refractivity contribution in [1.82, 2.24) is 4.90 Å². The summed E-state index contributed by atoms with van der Waals surface area (Å²) in [5.74, 6) is 0.132. The highest BCUT2D eigenvalue weighted by atomic mass is 16.5. The number of ketones is 2. The van der Waals surface area contributed by atoms with Crippen LogP contribution in [0.3, 0.4) is 0 Å². The highest BCUT2D eigenvalue weighted by molar-refractivity contribution is 6.16. The number of carbonyl (C=O) groups excluding carboxylic acids is 3. The van der Waals surface area contributed by atoms with Crippen LogP contribution >= 0.6 is 0 Å². The number of allylic oxidation sites excluding steroid dienone is 1. The molecule has 1 amide bonds. The smallest absolute Gasteiger partial charge is 0.247 e. The molecule has 0 bridgehead atoms.